The van der Waals surface area contributed by atoms with E-state index < -0.39 is 0 Å². The van der Waals surface area contributed by atoms with Crippen molar-refractivity contribution in [1.29, 1.82) is 0 Å². The fraction of sp³-hybridized carbons (Fsp3) is 0.263. The number of phenolic OH excluding ortho intramolecular Hbond substituents is 1. The van der Waals surface area contributed by atoms with Gasteiger partial charge in [-0.05, 0) is 51.5 Å². The molecule has 3 heteroatoms. The fourth-order valence-corrected chi connectivity index (χ4v) is 2.81. The maximum Gasteiger partial charge on any atom is 0.145 e. The zero-order chi connectivity index (χ0) is 16.5. The van der Waals surface area contributed by atoms with Gasteiger partial charge in [-0.1, -0.05) is 51.1 Å². The van der Waals surface area contributed by atoms with E-state index in [-0.39, 0.29) is 17.0 Å². The molecule has 1 N–H and O–H groups in total. The second-order valence-corrected chi connectivity index (χ2v) is 7.23. The van der Waals surface area contributed by atoms with Gasteiger partial charge in [0, 0.05) is 11.1 Å². The quantitative estimate of drug-likeness (QED) is 0.631. The third-order valence-electron chi connectivity index (χ3n) is 3.58. The van der Waals surface area contributed by atoms with Crippen LogP contribution in [0, 0.1) is 6.92 Å². The van der Waals surface area contributed by atoms with E-state index in [4.69, 9.17) is 0 Å². The zero-order valence-electron chi connectivity index (χ0n) is 13.2. The topological polar surface area (TPSA) is 20.2 Å². The van der Waals surface area contributed by atoms with Crippen molar-refractivity contribution < 1.29 is 9.50 Å². The molecule has 116 valence electrons. The summed E-state index contributed by atoms with van der Waals surface area (Å²) in [5.41, 5.74) is 2.40. The van der Waals surface area contributed by atoms with Crippen molar-refractivity contribution in [2.24, 2.45) is 0 Å². The maximum atomic E-state index is 14.8. The first kappa shape index (κ1) is 16.8. The van der Waals surface area contributed by atoms with E-state index in [0.29, 0.717) is 15.6 Å². The van der Waals surface area contributed by atoms with Crippen LogP contribution in [0.4, 0.5) is 4.39 Å². The SMILES string of the molecule is Cc1cc(/C(F)=C(/Br)c2ccccc2)cc(C(C)(C)C)c1O. The Labute approximate surface area is 139 Å². The zero-order valence-corrected chi connectivity index (χ0v) is 14.8. The van der Waals surface area contributed by atoms with Crippen LogP contribution < -0.4 is 0 Å². The van der Waals surface area contributed by atoms with E-state index in [2.05, 4.69) is 15.9 Å². The predicted molar refractivity (Wildman–Crippen MR) is 94.8 cm³/mol. The largest absolute Gasteiger partial charge is 0.507 e. The van der Waals surface area contributed by atoms with Gasteiger partial charge in [0.05, 0.1) is 4.48 Å². The van der Waals surface area contributed by atoms with Crippen LogP contribution in [0.2, 0.25) is 0 Å². The molecule has 0 saturated heterocycles. The Bertz CT molecular complexity index is 712. The van der Waals surface area contributed by atoms with Crippen LogP contribution in [-0.4, -0.2) is 5.11 Å². The van der Waals surface area contributed by atoms with Crippen LogP contribution in [0.15, 0.2) is 42.5 Å². The summed E-state index contributed by atoms with van der Waals surface area (Å²) in [5.74, 6) is -0.0975. The summed E-state index contributed by atoms with van der Waals surface area (Å²) in [6.45, 7) is 7.79. The van der Waals surface area contributed by atoms with Crippen molar-refractivity contribution in [1.82, 2.24) is 0 Å². The minimum Gasteiger partial charge on any atom is -0.507 e. The van der Waals surface area contributed by atoms with Crippen LogP contribution in [0.5, 0.6) is 5.75 Å². The number of rotatable bonds is 2. The summed E-state index contributed by atoms with van der Waals surface area (Å²) in [6, 6.07) is 12.7. The second kappa shape index (κ2) is 6.25. The first-order chi connectivity index (χ1) is 10.2. The number of benzene rings is 2. The summed E-state index contributed by atoms with van der Waals surface area (Å²) >= 11 is 3.35. The van der Waals surface area contributed by atoms with Crippen LogP contribution in [0.1, 0.15) is 43.0 Å². The van der Waals surface area contributed by atoms with Gasteiger partial charge in [-0.2, -0.15) is 0 Å². The Morgan fingerprint density at radius 2 is 1.64 bits per heavy atom. The lowest BCUT2D eigenvalue weighted by Gasteiger charge is -2.22. The molecule has 0 aliphatic carbocycles. The molecule has 0 fully saturated rings. The Hall–Kier alpha value is -1.61. The average molecular weight is 363 g/mol. The van der Waals surface area contributed by atoms with Crippen molar-refractivity contribution in [2.75, 3.05) is 0 Å². The highest BCUT2D eigenvalue weighted by atomic mass is 79.9. The van der Waals surface area contributed by atoms with Crippen LogP contribution in [0.25, 0.3) is 10.3 Å². The number of hydrogen-bond acceptors (Lipinski definition) is 1. The molecule has 1 nitrogen and oxygen atoms in total. The Kier molecular flexibility index (Phi) is 4.76. The van der Waals surface area contributed by atoms with Crippen LogP contribution in [0.3, 0.4) is 0 Å². The molecular formula is C19H20BrFO. The summed E-state index contributed by atoms with van der Waals surface area (Å²) < 4.78 is 15.3. The Balaban J connectivity index is 2.60. The molecule has 0 unspecified atom stereocenters. The van der Waals surface area contributed by atoms with Crippen molar-refractivity contribution in [3.05, 3.63) is 64.7 Å². The molecule has 0 radical (unpaired) electrons. The van der Waals surface area contributed by atoms with Crippen molar-refractivity contribution >= 4 is 26.2 Å². The lowest BCUT2D eigenvalue weighted by atomic mass is 9.84. The van der Waals surface area contributed by atoms with E-state index in [0.717, 1.165) is 11.1 Å². The fourth-order valence-electron chi connectivity index (χ4n) is 2.32. The molecule has 0 aliphatic heterocycles. The van der Waals surface area contributed by atoms with E-state index in [1.165, 1.54) is 0 Å². The summed E-state index contributed by atoms with van der Waals surface area (Å²) in [6.07, 6.45) is 0. The van der Waals surface area contributed by atoms with Gasteiger partial charge in [-0.15, -0.1) is 0 Å². The molecule has 2 rings (SSSR count). The Morgan fingerprint density at radius 3 is 2.18 bits per heavy atom. The van der Waals surface area contributed by atoms with Crippen LogP contribution >= 0.6 is 15.9 Å². The number of aryl methyl sites for hydroxylation is 1. The molecule has 0 saturated carbocycles. The van der Waals surface area contributed by atoms with E-state index in [1.807, 2.05) is 51.1 Å². The lowest BCUT2D eigenvalue weighted by Crippen LogP contribution is -2.12. The highest BCUT2D eigenvalue weighted by molar-refractivity contribution is 9.15. The van der Waals surface area contributed by atoms with Gasteiger partial charge in [0.1, 0.15) is 11.6 Å². The van der Waals surface area contributed by atoms with Gasteiger partial charge >= 0.3 is 0 Å². The molecule has 0 aromatic heterocycles. The second-order valence-electron chi connectivity index (χ2n) is 6.43. The standard InChI is InChI=1S/C19H20BrFO/c1-12-10-14(11-15(18(12)22)19(2,3)4)17(21)16(20)13-8-6-5-7-9-13/h5-11,22H,1-4H3/b17-16-. The summed E-state index contributed by atoms with van der Waals surface area (Å²) in [7, 11) is 0. The van der Waals surface area contributed by atoms with E-state index >= 15 is 0 Å². The number of aromatic hydroxyl groups is 1. The smallest absolute Gasteiger partial charge is 0.145 e. The molecule has 22 heavy (non-hydrogen) atoms. The summed E-state index contributed by atoms with van der Waals surface area (Å²) in [5, 5.41) is 10.2. The number of phenols is 1. The van der Waals surface area contributed by atoms with Gasteiger partial charge in [0.15, 0.2) is 0 Å². The third-order valence-corrected chi connectivity index (χ3v) is 4.39. The molecule has 0 atom stereocenters. The maximum absolute atomic E-state index is 14.8. The van der Waals surface area contributed by atoms with Crippen LogP contribution in [-0.2, 0) is 5.41 Å². The van der Waals surface area contributed by atoms with Crippen molar-refractivity contribution in [2.45, 2.75) is 33.1 Å². The molecule has 2 aromatic rings. The first-order valence-corrected chi connectivity index (χ1v) is 7.96. The minimum absolute atomic E-state index is 0.236. The van der Waals surface area contributed by atoms with Crippen molar-refractivity contribution in [3.8, 4) is 5.75 Å². The van der Waals surface area contributed by atoms with Crippen molar-refractivity contribution in [3.63, 3.8) is 0 Å². The van der Waals surface area contributed by atoms with Gasteiger partial charge in [-0.25, -0.2) is 4.39 Å². The summed E-state index contributed by atoms with van der Waals surface area (Å²) in [4.78, 5) is 0. The minimum atomic E-state index is -0.334. The average Bonchev–Trinajstić information content (AvgIpc) is 2.48. The highest BCUT2D eigenvalue weighted by Gasteiger charge is 2.22. The normalized spacial score (nSPS) is 13.0. The lowest BCUT2D eigenvalue weighted by molar-refractivity contribution is 0.442. The third kappa shape index (κ3) is 3.41. The number of halogens is 2. The van der Waals surface area contributed by atoms with Gasteiger partial charge in [-0.3, -0.25) is 0 Å². The van der Waals surface area contributed by atoms with Gasteiger partial charge < -0.3 is 5.11 Å². The monoisotopic (exact) mass is 362 g/mol. The highest BCUT2D eigenvalue weighted by Crippen LogP contribution is 2.39. The predicted octanol–water partition coefficient (Wildman–Crippen LogP) is 6.19. The molecule has 0 amide bonds. The van der Waals surface area contributed by atoms with E-state index in [1.54, 1.807) is 19.1 Å². The number of hydrogen-bond donors (Lipinski definition) is 1. The Morgan fingerprint density at radius 1 is 1.05 bits per heavy atom. The molecular weight excluding hydrogens is 343 g/mol. The molecule has 0 aliphatic rings. The molecule has 0 spiro atoms. The molecule has 0 heterocycles. The molecule has 0 bridgehead atoms. The molecule has 2 aromatic carbocycles. The van der Waals surface area contributed by atoms with E-state index in [9.17, 15) is 9.50 Å². The van der Waals surface area contributed by atoms with Gasteiger partial charge in [0.2, 0.25) is 0 Å². The first-order valence-electron chi connectivity index (χ1n) is 7.17. The van der Waals surface area contributed by atoms with Gasteiger partial charge in [0.25, 0.3) is 0 Å².